The van der Waals surface area contributed by atoms with Crippen LogP contribution in [0.15, 0.2) is 146 Å². The van der Waals surface area contributed by atoms with Gasteiger partial charge >= 0.3 is 0 Å². The van der Waals surface area contributed by atoms with Gasteiger partial charge in [-0.2, -0.15) is 0 Å². The van der Waals surface area contributed by atoms with Crippen LogP contribution in [0.3, 0.4) is 0 Å². The Hall–Kier alpha value is -4.02. The third-order valence-electron chi connectivity index (χ3n) is 8.08. The molecule has 42 heavy (non-hydrogen) atoms. The molecule has 3 heteroatoms. The molecule has 0 bridgehead atoms. The third kappa shape index (κ3) is 5.09. The Labute approximate surface area is 251 Å². The van der Waals surface area contributed by atoms with Crippen LogP contribution in [0.4, 0.5) is 0 Å². The summed E-state index contributed by atoms with van der Waals surface area (Å²) in [5.74, 6) is 2.01. The van der Waals surface area contributed by atoms with E-state index in [2.05, 4.69) is 159 Å². The minimum atomic E-state index is -0.800. The van der Waals surface area contributed by atoms with E-state index in [0.29, 0.717) is 0 Å². The predicted molar refractivity (Wildman–Crippen MR) is 183 cm³/mol. The fourth-order valence-electron chi connectivity index (χ4n) is 5.81. The fourth-order valence-corrected chi connectivity index (χ4v) is 10.8. The second kappa shape index (κ2) is 11.7. The van der Waals surface area contributed by atoms with E-state index in [1.54, 1.807) is 0 Å². The van der Waals surface area contributed by atoms with E-state index < -0.39 is 15.8 Å². The average Bonchev–Trinajstić information content (AvgIpc) is 3.04. The summed E-state index contributed by atoms with van der Waals surface area (Å²) < 4.78 is 6.99. The molecule has 0 spiro atoms. The van der Waals surface area contributed by atoms with Crippen LogP contribution in [-0.4, -0.2) is 0 Å². The summed E-state index contributed by atoms with van der Waals surface area (Å²) in [5, 5.41) is 8.02. The highest BCUT2D eigenvalue weighted by atomic mass is 31.1. The highest BCUT2D eigenvalue weighted by Gasteiger charge is 2.28. The van der Waals surface area contributed by atoms with Crippen LogP contribution in [0.2, 0.25) is 0 Å². The molecule has 0 N–H and O–H groups in total. The molecule has 0 amide bonds. The summed E-state index contributed by atoms with van der Waals surface area (Å²) in [6, 6.07) is 53.1. The first-order chi connectivity index (χ1) is 20.7. The molecule has 0 saturated carbocycles. The van der Waals surface area contributed by atoms with Crippen molar-refractivity contribution in [1.82, 2.24) is 0 Å². The number of benzene rings is 6. The van der Waals surface area contributed by atoms with E-state index in [-0.39, 0.29) is 0 Å². The Kier molecular flexibility index (Phi) is 7.48. The van der Waals surface area contributed by atoms with Crippen LogP contribution in [-0.2, 0) is 6.42 Å². The van der Waals surface area contributed by atoms with Crippen molar-refractivity contribution in [3.8, 4) is 11.5 Å². The minimum Gasteiger partial charge on any atom is -0.456 e. The van der Waals surface area contributed by atoms with Gasteiger partial charge in [0.15, 0.2) is 0 Å². The van der Waals surface area contributed by atoms with Gasteiger partial charge in [-0.25, -0.2) is 0 Å². The van der Waals surface area contributed by atoms with E-state index in [4.69, 9.17) is 4.74 Å². The van der Waals surface area contributed by atoms with Gasteiger partial charge in [0.05, 0.1) is 0 Å². The Morgan fingerprint density at radius 1 is 0.476 bits per heavy atom. The van der Waals surface area contributed by atoms with E-state index in [0.717, 1.165) is 17.9 Å². The average molecular weight is 579 g/mol. The normalized spacial score (nSPS) is 12.7. The van der Waals surface area contributed by atoms with Crippen LogP contribution in [0.1, 0.15) is 22.3 Å². The summed E-state index contributed by atoms with van der Waals surface area (Å²) >= 11 is 0. The van der Waals surface area contributed by atoms with Crippen molar-refractivity contribution in [1.29, 1.82) is 0 Å². The van der Waals surface area contributed by atoms with Crippen molar-refractivity contribution in [3.63, 3.8) is 0 Å². The van der Waals surface area contributed by atoms with Crippen molar-refractivity contribution in [2.45, 2.75) is 20.3 Å². The largest absolute Gasteiger partial charge is 0.456 e. The molecule has 1 nitrogen and oxygen atoms in total. The molecule has 1 aliphatic heterocycles. The van der Waals surface area contributed by atoms with Crippen molar-refractivity contribution in [2.75, 3.05) is 0 Å². The second-order valence-electron chi connectivity index (χ2n) is 10.7. The first-order valence-corrected chi connectivity index (χ1v) is 17.1. The number of hydrogen-bond acceptors (Lipinski definition) is 1. The zero-order chi connectivity index (χ0) is 28.5. The molecular weight excluding hydrogens is 546 g/mol. The number of aryl methyl sites for hydroxylation is 1. The van der Waals surface area contributed by atoms with Gasteiger partial charge in [-0.1, -0.05) is 140 Å². The van der Waals surface area contributed by atoms with Crippen molar-refractivity contribution in [3.05, 3.63) is 168 Å². The Balaban J connectivity index is 1.35. The Bertz CT molecular complexity index is 1810. The van der Waals surface area contributed by atoms with Gasteiger partial charge < -0.3 is 4.74 Å². The van der Waals surface area contributed by atoms with Crippen LogP contribution in [0.5, 0.6) is 11.5 Å². The molecule has 1 aliphatic rings. The molecule has 0 radical (unpaired) electrons. The minimum absolute atomic E-state index is 0.705. The van der Waals surface area contributed by atoms with Crippen molar-refractivity contribution in [2.24, 2.45) is 0 Å². The van der Waals surface area contributed by atoms with E-state index in [1.807, 2.05) is 0 Å². The summed E-state index contributed by atoms with van der Waals surface area (Å²) in [6.07, 6.45) is 0.873. The lowest BCUT2D eigenvalue weighted by molar-refractivity contribution is 0.464. The van der Waals surface area contributed by atoms with E-state index >= 15 is 0 Å². The van der Waals surface area contributed by atoms with Gasteiger partial charge in [0.1, 0.15) is 11.5 Å². The number of rotatable bonds is 6. The summed E-state index contributed by atoms with van der Waals surface area (Å²) in [7, 11) is -1.51. The topological polar surface area (TPSA) is 9.23 Å². The first-order valence-electron chi connectivity index (χ1n) is 14.4. The molecule has 1 unspecified atom stereocenters. The summed E-state index contributed by atoms with van der Waals surface area (Å²) in [5.41, 5.74) is 5.19. The number of hydrogen-bond donors (Lipinski definition) is 0. The maximum absolute atomic E-state index is 6.99. The molecule has 1 heterocycles. The molecular formula is C39H32OP2. The molecule has 6 aromatic rings. The lowest BCUT2D eigenvalue weighted by Gasteiger charge is -2.29. The molecule has 204 valence electrons. The SMILES string of the molecule is Cc1cccc(P(c2ccccc2)c2cccc3c2Oc2cc(P(c4ccccc4)c4ccccc4)ccc2C3)c1C. The zero-order valence-corrected chi connectivity index (χ0v) is 25.7. The maximum atomic E-state index is 6.99. The lowest BCUT2D eigenvalue weighted by Crippen LogP contribution is -2.26. The molecule has 0 saturated heterocycles. The second-order valence-corrected chi connectivity index (χ2v) is 15.1. The summed E-state index contributed by atoms with van der Waals surface area (Å²) in [6.45, 7) is 4.47. The smallest absolute Gasteiger partial charge is 0.139 e. The Morgan fingerprint density at radius 2 is 1.05 bits per heavy atom. The van der Waals surface area contributed by atoms with Crippen molar-refractivity contribution < 1.29 is 4.74 Å². The van der Waals surface area contributed by atoms with Gasteiger partial charge in [-0.15, -0.1) is 0 Å². The van der Waals surface area contributed by atoms with Gasteiger partial charge in [-0.3, -0.25) is 0 Å². The van der Waals surface area contributed by atoms with Gasteiger partial charge in [0, 0.05) is 11.7 Å². The zero-order valence-electron chi connectivity index (χ0n) is 23.9. The van der Waals surface area contributed by atoms with Gasteiger partial charge in [-0.05, 0) is 84.5 Å². The van der Waals surface area contributed by atoms with Gasteiger partial charge in [0.2, 0.25) is 0 Å². The quantitative estimate of drug-likeness (QED) is 0.186. The molecule has 1 atom stereocenters. The van der Waals surface area contributed by atoms with Gasteiger partial charge in [0.25, 0.3) is 0 Å². The van der Waals surface area contributed by atoms with Crippen molar-refractivity contribution >= 4 is 47.7 Å². The molecule has 0 aromatic heterocycles. The Morgan fingerprint density at radius 3 is 1.69 bits per heavy atom. The predicted octanol–water partition coefficient (Wildman–Crippen LogP) is 7.52. The highest BCUT2D eigenvalue weighted by Crippen LogP contribution is 2.44. The monoisotopic (exact) mass is 578 g/mol. The van der Waals surface area contributed by atoms with Crippen LogP contribution < -0.4 is 36.6 Å². The number of ether oxygens (including phenoxy) is 1. The first kappa shape index (κ1) is 26.9. The molecule has 7 rings (SSSR count). The standard InChI is InChI=1S/C39H32OP2/c1-28-14-12-22-37(29(28)2)42(34-20-10-5-11-21-34)38-23-13-15-31-26-30-24-25-35(27-36(30)40-39(31)38)41(32-16-6-3-7-17-32)33-18-8-4-9-19-33/h3-25,27H,26H2,1-2H3. The number of fused-ring (bicyclic) bond motifs is 2. The molecule has 0 aliphatic carbocycles. The van der Waals surface area contributed by atoms with Crippen LogP contribution >= 0.6 is 15.8 Å². The maximum Gasteiger partial charge on any atom is 0.139 e. The summed E-state index contributed by atoms with van der Waals surface area (Å²) in [4.78, 5) is 0. The number of para-hydroxylation sites is 1. The highest BCUT2D eigenvalue weighted by molar-refractivity contribution is 7.80. The van der Waals surface area contributed by atoms with E-state index in [1.165, 1.54) is 54.1 Å². The lowest BCUT2D eigenvalue weighted by atomic mass is 10.0. The van der Waals surface area contributed by atoms with Crippen LogP contribution in [0, 0.1) is 13.8 Å². The molecule has 6 aromatic carbocycles. The van der Waals surface area contributed by atoms with Crippen LogP contribution in [0.25, 0.3) is 0 Å². The third-order valence-corrected chi connectivity index (χ3v) is 13.1. The van der Waals surface area contributed by atoms with E-state index in [9.17, 15) is 0 Å². The molecule has 0 fully saturated rings. The fraction of sp³-hybridized carbons (Fsp3) is 0.0769.